The van der Waals surface area contributed by atoms with Gasteiger partial charge >= 0.3 is 0 Å². The molecule has 2 bridgehead atoms. The molecule has 0 aromatic heterocycles. The van der Waals surface area contributed by atoms with E-state index in [0.29, 0.717) is 11.5 Å². The van der Waals surface area contributed by atoms with Crippen molar-refractivity contribution in [2.45, 2.75) is 44.0 Å². The molecule has 2 spiro atoms. The summed E-state index contributed by atoms with van der Waals surface area (Å²) < 4.78 is 11.6. The molecular weight excluding hydrogens is 152 g/mol. The van der Waals surface area contributed by atoms with Gasteiger partial charge in [-0.15, -0.1) is 0 Å². The van der Waals surface area contributed by atoms with Crippen LogP contribution in [0.3, 0.4) is 0 Å². The largest absolute Gasteiger partial charge is 0.368 e. The Balaban J connectivity index is 1.89. The molecule has 5 aliphatic rings. The monoisotopic (exact) mass is 166 g/mol. The SMILES string of the molecule is CC1(C)C2CC3OC34COC14C2. The van der Waals surface area contributed by atoms with Gasteiger partial charge in [-0.2, -0.15) is 0 Å². The van der Waals surface area contributed by atoms with Crippen LogP contribution >= 0.6 is 0 Å². The summed E-state index contributed by atoms with van der Waals surface area (Å²) in [5.41, 5.74) is 0.733. The molecule has 0 amide bonds. The van der Waals surface area contributed by atoms with E-state index in [-0.39, 0.29) is 11.2 Å². The van der Waals surface area contributed by atoms with Crippen molar-refractivity contribution in [3.05, 3.63) is 0 Å². The van der Waals surface area contributed by atoms with Crippen molar-refractivity contribution in [3.63, 3.8) is 0 Å². The first-order valence-electron chi connectivity index (χ1n) is 4.94. The lowest BCUT2D eigenvalue weighted by atomic mass is 9.40. The second-order valence-corrected chi connectivity index (χ2v) is 5.47. The average Bonchev–Trinajstić information content (AvgIpc) is 2.70. The van der Waals surface area contributed by atoms with E-state index in [1.807, 2.05) is 0 Å². The highest BCUT2D eigenvalue weighted by molar-refractivity contribution is 5.36. The molecule has 2 saturated heterocycles. The van der Waals surface area contributed by atoms with Crippen LogP contribution in [0.5, 0.6) is 0 Å². The molecule has 3 saturated carbocycles. The summed E-state index contributed by atoms with van der Waals surface area (Å²) in [6, 6.07) is 0. The molecule has 0 N–H and O–H groups in total. The number of ether oxygens (including phenoxy) is 2. The molecule has 0 aromatic carbocycles. The lowest BCUT2D eigenvalue weighted by Crippen LogP contribution is -2.80. The van der Waals surface area contributed by atoms with Crippen LogP contribution in [0.1, 0.15) is 26.7 Å². The minimum absolute atomic E-state index is 0.146. The lowest BCUT2D eigenvalue weighted by Gasteiger charge is -2.71. The predicted octanol–water partition coefficient (Wildman–Crippen LogP) is 1.34. The molecule has 2 nitrogen and oxygen atoms in total. The summed E-state index contributed by atoms with van der Waals surface area (Å²) in [6.45, 7) is 5.56. The quantitative estimate of drug-likeness (QED) is 0.506. The van der Waals surface area contributed by atoms with E-state index in [9.17, 15) is 0 Å². The molecule has 3 aliphatic carbocycles. The van der Waals surface area contributed by atoms with Crippen LogP contribution in [-0.4, -0.2) is 23.9 Å². The zero-order valence-electron chi connectivity index (χ0n) is 7.59. The number of hydrogen-bond donors (Lipinski definition) is 0. The van der Waals surface area contributed by atoms with Gasteiger partial charge in [-0.1, -0.05) is 13.8 Å². The van der Waals surface area contributed by atoms with Crippen molar-refractivity contribution in [2.75, 3.05) is 6.61 Å². The molecule has 0 aromatic rings. The van der Waals surface area contributed by atoms with Gasteiger partial charge in [-0.3, -0.25) is 0 Å². The highest BCUT2D eigenvalue weighted by Gasteiger charge is 2.89. The highest BCUT2D eigenvalue weighted by atomic mass is 16.7. The summed E-state index contributed by atoms with van der Waals surface area (Å²) in [5.74, 6) is 0.860. The van der Waals surface area contributed by atoms with Crippen molar-refractivity contribution < 1.29 is 9.47 Å². The van der Waals surface area contributed by atoms with E-state index in [0.717, 1.165) is 12.5 Å². The van der Waals surface area contributed by atoms with Gasteiger partial charge < -0.3 is 9.47 Å². The third-order valence-electron chi connectivity index (χ3n) is 5.13. The summed E-state index contributed by atoms with van der Waals surface area (Å²) in [7, 11) is 0. The Kier molecular flexibility index (Phi) is 0.684. The first-order valence-corrected chi connectivity index (χ1v) is 4.94. The standard InChI is InChI=1S/C10H14O2/c1-8(2)6-3-7-9(12-7)5-11-10(8,9)4-6/h6-7H,3-5H2,1-2H3. The van der Waals surface area contributed by atoms with Gasteiger partial charge in [0.1, 0.15) is 11.2 Å². The number of epoxide rings is 1. The van der Waals surface area contributed by atoms with Crippen LogP contribution in [0.15, 0.2) is 0 Å². The van der Waals surface area contributed by atoms with Gasteiger partial charge in [-0.05, 0) is 24.2 Å². The van der Waals surface area contributed by atoms with Crippen molar-refractivity contribution in [1.82, 2.24) is 0 Å². The van der Waals surface area contributed by atoms with Gasteiger partial charge in [0.2, 0.25) is 0 Å². The van der Waals surface area contributed by atoms with Crippen molar-refractivity contribution in [3.8, 4) is 0 Å². The summed E-state index contributed by atoms with van der Waals surface area (Å²) in [4.78, 5) is 0. The summed E-state index contributed by atoms with van der Waals surface area (Å²) >= 11 is 0. The second kappa shape index (κ2) is 1.28. The zero-order valence-corrected chi connectivity index (χ0v) is 7.59. The van der Waals surface area contributed by atoms with Gasteiger partial charge in [0.15, 0.2) is 0 Å². The smallest absolute Gasteiger partial charge is 0.147 e. The van der Waals surface area contributed by atoms with Gasteiger partial charge in [0.25, 0.3) is 0 Å². The summed E-state index contributed by atoms with van der Waals surface area (Å²) in [6.07, 6.45) is 3.12. The summed E-state index contributed by atoms with van der Waals surface area (Å²) in [5, 5.41) is 0. The molecular formula is C10H14O2. The molecule has 2 heterocycles. The fraction of sp³-hybridized carbons (Fsp3) is 1.00. The van der Waals surface area contributed by atoms with E-state index >= 15 is 0 Å². The van der Waals surface area contributed by atoms with E-state index < -0.39 is 0 Å². The Hall–Kier alpha value is -0.0800. The van der Waals surface area contributed by atoms with Gasteiger partial charge in [0.05, 0.1) is 12.7 Å². The van der Waals surface area contributed by atoms with Crippen LogP contribution in [0, 0.1) is 11.3 Å². The first-order chi connectivity index (χ1) is 5.62. The van der Waals surface area contributed by atoms with Crippen LogP contribution in [0.2, 0.25) is 0 Å². The van der Waals surface area contributed by atoms with Gasteiger partial charge in [-0.25, -0.2) is 0 Å². The Morgan fingerprint density at radius 1 is 1.33 bits per heavy atom. The third kappa shape index (κ3) is 0.330. The van der Waals surface area contributed by atoms with Crippen LogP contribution < -0.4 is 0 Å². The maximum atomic E-state index is 5.82. The van der Waals surface area contributed by atoms with Crippen LogP contribution in [-0.2, 0) is 9.47 Å². The van der Waals surface area contributed by atoms with E-state index in [2.05, 4.69) is 13.8 Å². The fourth-order valence-corrected chi connectivity index (χ4v) is 3.99. The van der Waals surface area contributed by atoms with E-state index in [4.69, 9.17) is 9.47 Å². The lowest BCUT2D eigenvalue weighted by molar-refractivity contribution is -0.348. The molecule has 4 atom stereocenters. The molecule has 5 fully saturated rings. The maximum absolute atomic E-state index is 5.82. The van der Waals surface area contributed by atoms with Gasteiger partial charge in [0, 0.05) is 0 Å². The average molecular weight is 166 g/mol. The molecule has 2 aliphatic heterocycles. The third-order valence-corrected chi connectivity index (χ3v) is 5.13. The molecule has 12 heavy (non-hydrogen) atoms. The Morgan fingerprint density at radius 3 is 2.67 bits per heavy atom. The second-order valence-electron chi connectivity index (χ2n) is 5.47. The first kappa shape index (κ1) is 6.39. The zero-order chi connectivity index (χ0) is 8.19. The highest BCUT2D eigenvalue weighted by Crippen LogP contribution is 2.78. The Bertz CT molecular complexity index is 282. The Labute approximate surface area is 72.2 Å². The normalized spacial score (nSPS) is 68.5. The van der Waals surface area contributed by atoms with Crippen molar-refractivity contribution >= 4 is 0 Å². The van der Waals surface area contributed by atoms with E-state index in [1.165, 1.54) is 12.8 Å². The number of hydrogen-bond acceptors (Lipinski definition) is 2. The molecule has 0 radical (unpaired) electrons. The molecule has 66 valence electrons. The molecule has 4 unspecified atom stereocenters. The molecule has 2 heteroatoms. The van der Waals surface area contributed by atoms with Crippen molar-refractivity contribution in [2.24, 2.45) is 11.3 Å². The fourth-order valence-electron chi connectivity index (χ4n) is 3.99. The Morgan fingerprint density at radius 2 is 2.17 bits per heavy atom. The van der Waals surface area contributed by atoms with Crippen LogP contribution in [0.25, 0.3) is 0 Å². The molecule has 5 rings (SSSR count). The maximum Gasteiger partial charge on any atom is 0.147 e. The van der Waals surface area contributed by atoms with Crippen molar-refractivity contribution in [1.29, 1.82) is 0 Å². The van der Waals surface area contributed by atoms with Crippen LogP contribution in [0.4, 0.5) is 0 Å². The predicted molar refractivity (Wildman–Crippen MR) is 42.8 cm³/mol. The minimum Gasteiger partial charge on any atom is -0.368 e. The number of rotatable bonds is 0. The van der Waals surface area contributed by atoms with E-state index in [1.54, 1.807) is 0 Å². The topological polar surface area (TPSA) is 21.8 Å². The minimum atomic E-state index is 0.146.